The van der Waals surface area contributed by atoms with Gasteiger partial charge in [0.25, 0.3) is 0 Å². The fraction of sp³-hybridized carbons (Fsp3) is 0.111. The van der Waals surface area contributed by atoms with Crippen LogP contribution in [0.1, 0.15) is 6.92 Å². The maximum absolute atomic E-state index is 8.12. The molecule has 0 aromatic heterocycles. The summed E-state index contributed by atoms with van der Waals surface area (Å²) in [4.78, 5) is 0. The molecule has 0 aliphatic rings. The fourth-order valence-electron chi connectivity index (χ4n) is 0.396. The minimum absolute atomic E-state index is 0.598. The number of hydrogen-bond donors (Lipinski definition) is 1. The van der Waals surface area contributed by atoms with E-state index in [-0.39, 0.29) is 0 Å². The summed E-state index contributed by atoms with van der Waals surface area (Å²) in [5.41, 5.74) is 0.598. The lowest BCUT2D eigenvalue weighted by atomic mass is 10.3. The summed E-state index contributed by atoms with van der Waals surface area (Å²) in [5.74, 6) is 2.39. The predicted molar refractivity (Wildman–Crippen MR) is 42.8 cm³/mol. The molecule has 1 heteroatoms. The van der Waals surface area contributed by atoms with Gasteiger partial charge >= 0.3 is 0 Å². The second-order valence-corrected chi connectivity index (χ2v) is 1.65. The topological polar surface area (TPSA) is 20.2 Å². The molecule has 0 spiro atoms. The Balaban J connectivity index is 3.86. The smallest absolute Gasteiger partial charge is 0.112 e. The van der Waals surface area contributed by atoms with Crippen LogP contribution in [0.3, 0.4) is 0 Å². The minimum Gasteiger partial charge on any atom is -0.462 e. The van der Waals surface area contributed by atoms with Crippen LogP contribution in [0.25, 0.3) is 0 Å². The molecule has 0 rings (SSSR count). The second kappa shape index (κ2) is 5.71. The molecule has 0 bridgehead atoms. The molecule has 0 aromatic rings. The van der Waals surface area contributed by atoms with Crippen LogP contribution in [0.4, 0.5) is 0 Å². The van der Waals surface area contributed by atoms with Crippen molar-refractivity contribution in [1.29, 1.82) is 0 Å². The Labute approximate surface area is 61.4 Å². The van der Waals surface area contributed by atoms with Gasteiger partial charge in [-0.3, -0.25) is 0 Å². The Morgan fingerprint density at radius 2 is 2.20 bits per heavy atom. The third-order valence-electron chi connectivity index (χ3n) is 0.817. The van der Waals surface area contributed by atoms with Gasteiger partial charge in [-0.15, -0.1) is 0 Å². The van der Waals surface area contributed by atoms with E-state index in [1.165, 1.54) is 0 Å². The average Bonchev–Trinajstić information content (AvgIpc) is 1.89. The van der Waals surface area contributed by atoms with Crippen molar-refractivity contribution in [3.63, 3.8) is 0 Å². The quantitative estimate of drug-likeness (QED) is 0.452. The first-order valence-corrected chi connectivity index (χ1v) is 2.94. The van der Waals surface area contributed by atoms with E-state index in [0.717, 1.165) is 0 Å². The Bertz CT molecular complexity index is 211. The molecule has 0 heterocycles. The van der Waals surface area contributed by atoms with Gasteiger partial charge in [-0.05, 0) is 18.9 Å². The highest BCUT2D eigenvalue weighted by Gasteiger charge is 1.74. The number of aliphatic hydroxyl groups excluding tert-OH is 1. The van der Waals surface area contributed by atoms with E-state index in [0.29, 0.717) is 5.57 Å². The van der Waals surface area contributed by atoms with Crippen LogP contribution in [0.2, 0.25) is 0 Å². The van der Waals surface area contributed by atoms with E-state index >= 15 is 0 Å². The minimum atomic E-state index is 0.598. The first-order valence-electron chi connectivity index (χ1n) is 2.94. The normalized spacial score (nSPS) is 9.70. The molecule has 1 nitrogen and oxygen atoms in total. The molecular formula is C9H10O. The van der Waals surface area contributed by atoms with Crippen LogP contribution < -0.4 is 0 Å². The van der Waals surface area contributed by atoms with Crippen LogP contribution in [-0.4, -0.2) is 5.11 Å². The summed E-state index contributed by atoms with van der Waals surface area (Å²) in [5, 5.41) is 8.12. The first kappa shape index (κ1) is 8.58. The zero-order chi connectivity index (χ0) is 7.82. The summed E-state index contributed by atoms with van der Waals surface area (Å²) in [6, 6.07) is 0. The number of allylic oxidation sites excluding steroid dienone is 5. The van der Waals surface area contributed by atoms with E-state index in [4.69, 9.17) is 5.11 Å². The molecule has 0 atom stereocenters. The molecule has 0 saturated heterocycles. The summed E-state index contributed by atoms with van der Waals surface area (Å²) in [7, 11) is 0. The third-order valence-corrected chi connectivity index (χ3v) is 0.817. The monoisotopic (exact) mass is 134 g/mol. The van der Waals surface area contributed by atoms with E-state index < -0.39 is 0 Å². The zero-order valence-electron chi connectivity index (χ0n) is 5.96. The summed E-state index contributed by atoms with van der Waals surface area (Å²) < 4.78 is 0. The molecule has 0 aliphatic heterocycles. The van der Waals surface area contributed by atoms with Gasteiger partial charge in [0, 0.05) is 5.57 Å². The van der Waals surface area contributed by atoms with E-state index in [1.807, 2.05) is 25.2 Å². The van der Waals surface area contributed by atoms with Crippen LogP contribution in [0.5, 0.6) is 0 Å². The molecule has 0 aliphatic carbocycles. The Hall–Kier alpha value is -1.42. The molecule has 0 amide bonds. The van der Waals surface area contributed by atoms with E-state index in [1.54, 1.807) is 12.2 Å². The highest BCUT2D eigenvalue weighted by Crippen LogP contribution is 1.89. The molecule has 0 unspecified atom stereocenters. The SMILES string of the molecule is C=C(C#CO)/C=C\C=C/C. The Morgan fingerprint density at radius 1 is 1.50 bits per heavy atom. The second-order valence-electron chi connectivity index (χ2n) is 1.65. The highest BCUT2D eigenvalue weighted by atomic mass is 16.2. The molecule has 0 fully saturated rings. The van der Waals surface area contributed by atoms with Gasteiger partial charge in [-0.1, -0.05) is 24.8 Å². The van der Waals surface area contributed by atoms with Crippen LogP contribution in [-0.2, 0) is 0 Å². The molecule has 0 saturated carbocycles. The van der Waals surface area contributed by atoms with Gasteiger partial charge in [0.15, 0.2) is 0 Å². The maximum atomic E-state index is 8.12. The first-order chi connectivity index (χ1) is 4.81. The van der Waals surface area contributed by atoms with Crippen molar-refractivity contribution in [3.05, 3.63) is 36.5 Å². The maximum Gasteiger partial charge on any atom is 0.112 e. The van der Waals surface area contributed by atoms with Gasteiger partial charge in [-0.25, -0.2) is 0 Å². The molecule has 0 aromatic carbocycles. The fourth-order valence-corrected chi connectivity index (χ4v) is 0.396. The van der Waals surface area contributed by atoms with Crippen molar-refractivity contribution in [2.24, 2.45) is 0 Å². The van der Waals surface area contributed by atoms with Crippen LogP contribution in [0.15, 0.2) is 36.5 Å². The van der Waals surface area contributed by atoms with Gasteiger partial charge in [0.05, 0.1) is 0 Å². The Morgan fingerprint density at radius 3 is 2.70 bits per heavy atom. The van der Waals surface area contributed by atoms with Gasteiger partial charge in [0.2, 0.25) is 0 Å². The summed E-state index contributed by atoms with van der Waals surface area (Å²) in [6.07, 6.45) is 9.07. The molecule has 1 N–H and O–H groups in total. The van der Waals surface area contributed by atoms with Crippen molar-refractivity contribution in [1.82, 2.24) is 0 Å². The van der Waals surface area contributed by atoms with E-state index in [9.17, 15) is 0 Å². The molecule has 0 radical (unpaired) electrons. The van der Waals surface area contributed by atoms with Crippen molar-refractivity contribution < 1.29 is 5.11 Å². The van der Waals surface area contributed by atoms with Crippen molar-refractivity contribution in [2.45, 2.75) is 6.92 Å². The van der Waals surface area contributed by atoms with E-state index in [2.05, 4.69) is 12.5 Å². The van der Waals surface area contributed by atoms with Gasteiger partial charge in [0.1, 0.15) is 6.11 Å². The van der Waals surface area contributed by atoms with Crippen molar-refractivity contribution >= 4 is 0 Å². The van der Waals surface area contributed by atoms with Crippen LogP contribution in [0, 0.1) is 12.0 Å². The number of aliphatic hydroxyl groups is 1. The van der Waals surface area contributed by atoms with Crippen molar-refractivity contribution in [2.75, 3.05) is 0 Å². The largest absolute Gasteiger partial charge is 0.462 e. The van der Waals surface area contributed by atoms with Crippen LogP contribution >= 0.6 is 0 Å². The third kappa shape index (κ3) is 4.73. The Kier molecular flexibility index (Phi) is 4.90. The van der Waals surface area contributed by atoms with Crippen molar-refractivity contribution in [3.8, 4) is 12.0 Å². The zero-order valence-corrected chi connectivity index (χ0v) is 5.96. The van der Waals surface area contributed by atoms with Gasteiger partial charge < -0.3 is 5.11 Å². The lowest BCUT2D eigenvalue weighted by molar-refractivity contribution is 0.517. The lowest BCUT2D eigenvalue weighted by Gasteiger charge is -1.78. The molecule has 52 valence electrons. The number of rotatable bonds is 2. The molecular weight excluding hydrogens is 124 g/mol. The standard InChI is InChI=1S/C9H10O/c1-3-4-5-6-9(2)7-8-10/h3-6,10H,2H2,1H3/b4-3-,6-5-. The predicted octanol–water partition coefficient (Wildman–Crippen LogP) is 2.01. The van der Waals surface area contributed by atoms with Gasteiger partial charge in [-0.2, -0.15) is 0 Å². The highest BCUT2D eigenvalue weighted by molar-refractivity contribution is 5.35. The lowest BCUT2D eigenvalue weighted by Crippen LogP contribution is -1.65. The summed E-state index contributed by atoms with van der Waals surface area (Å²) in [6.45, 7) is 5.48. The molecule has 10 heavy (non-hydrogen) atoms. The number of hydrogen-bond acceptors (Lipinski definition) is 1. The summed E-state index contributed by atoms with van der Waals surface area (Å²) >= 11 is 0. The average molecular weight is 134 g/mol.